The third-order valence-electron chi connectivity index (χ3n) is 8.26. The van der Waals surface area contributed by atoms with Crippen LogP contribution in [0.2, 0.25) is 0 Å². The highest BCUT2D eigenvalue weighted by Crippen LogP contribution is 2.38. The number of rotatable bonds is 8. The summed E-state index contributed by atoms with van der Waals surface area (Å²) in [4.78, 5) is 4.63. The second kappa shape index (κ2) is 13.0. The van der Waals surface area contributed by atoms with Crippen molar-refractivity contribution in [2.45, 2.75) is 13.8 Å². The van der Waals surface area contributed by atoms with E-state index in [9.17, 15) is 0 Å². The summed E-state index contributed by atoms with van der Waals surface area (Å²) in [6, 6.07) is 60.6. The van der Waals surface area contributed by atoms with Crippen LogP contribution in [-0.4, -0.2) is 0 Å². The summed E-state index contributed by atoms with van der Waals surface area (Å²) in [5, 5.41) is 2.48. The van der Waals surface area contributed by atoms with E-state index in [2.05, 4.69) is 206 Å². The van der Waals surface area contributed by atoms with E-state index in [0.29, 0.717) is 0 Å². The maximum absolute atomic E-state index is 2.35. The number of hydrogen-bond acceptors (Lipinski definition) is 2. The van der Waals surface area contributed by atoms with Crippen molar-refractivity contribution >= 4 is 57.0 Å². The molecule has 2 nitrogen and oxygen atoms in total. The van der Waals surface area contributed by atoms with Gasteiger partial charge in [0.05, 0.1) is 0 Å². The van der Waals surface area contributed by atoms with E-state index < -0.39 is 0 Å². The lowest BCUT2D eigenvalue weighted by Gasteiger charge is -2.26. The molecule has 0 unspecified atom stereocenters. The van der Waals surface area contributed by atoms with Crippen molar-refractivity contribution in [3.8, 4) is 0 Å². The van der Waals surface area contributed by atoms with Gasteiger partial charge in [0.15, 0.2) is 0 Å². The predicted molar refractivity (Wildman–Crippen MR) is 198 cm³/mol. The minimum Gasteiger partial charge on any atom is -0.311 e. The molecule has 0 N–H and O–H groups in total. The van der Waals surface area contributed by atoms with Crippen LogP contribution in [0.5, 0.6) is 0 Å². The van der Waals surface area contributed by atoms with Crippen molar-refractivity contribution in [3.05, 3.63) is 192 Å². The summed E-state index contributed by atoms with van der Waals surface area (Å²) < 4.78 is 0. The Morgan fingerprint density at radius 2 is 0.739 bits per heavy atom. The molecule has 222 valence electrons. The van der Waals surface area contributed by atoms with E-state index in [1.54, 1.807) is 0 Å². The summed E-state index contributed by atoms with van der Waals surface area (Å²) in [6.07, 6.45) is 4.36. The van der Waals surface area contributed by atoms with Crippen molar-refractivity contribution < 1.29 is 0 Å². The van der Waals surface area contributed by atoms with Crippen molar-refractivity contribution in [1.82, 2.24) is 0 Å². The molecule has 0 bridgehead atoms. The minimum atomic E-state index is 1.12. The normalized spacial score (nSPS) is 11.2. The Balaban J connectivity index is 1.16. The second-order valence-corrected chi connectivity index (χ2v) is 11.7. The van der Waals surface area contributed by atoms with E-state index in [4.69, 9.17) is 0 Å². The molecular weight excluding hydrogens is 556 g/mol. The van der Waals surface area contributed by atoms with E-state index in [1.165, 1.54) is 21.9 Å². The Kier molecular flexibility index (Phi) is 8.17. The average Bonchev–Trinajstić information content (AvgIpc) is 3.09. The number of fused-ring (bicyclic) bond motifs is 1. The van der Waals surface area contributed by atoms with Crippen molar-refractivity contribution in [1.29, 1.82) is 0 Å². The topological polar surface area (TPSA) is 6.48 Å². The molecule has 7 aromatic rings. The predicted octanol–water partition coefficient (Wildman–Crippen LogP) is 12.6. The molecule has 0 aliphatic rings. The first kappa shape index (κ1) is 28.9. The minimum absolute atomic E-state index is 1.12. The zero-order valence-corrected chi connectivity index (χ0v) is 26.2. The Hall–Kier alpha value is -5.86. The highest BCUT2D eigenvalue weighted by atomic mass is 15.1. The van der Waals surface area contributed by atoms with Gasteiger partial charge in [0.1, 0.15) is 0 Å². The van der Waals surface area contributed by atoms with Crippen LogP contribution in [0.4, 0.5) is 34.1 Å². The molecule has 0 radical (unpaired) electrons. The maximum atomic E-state index is 2.35. The Morgan fingerprint density at radius 3 is 1.26 bits per heavy atom. The molecule has 2 heteroatoms. The van der Waals surface area contributed by atoms with Gasteiger partial charge >= 0.3 is 0 Å². The second-order valence-electron chi connectivity index (χ2n) is 11.7. The quantitative estimate of drug-likeness (QED) is 0.162. The first-order chi connectivity index (χ1) is 22.6. The lowest BCUT2D eigenvalue weighted by Crippen LogP contribution is -2.10. The molecule has 0 atom stereocenters. The van der Waals surface area contributed by atoms with Crippen molar-refractivity contribution in [3.63, 3.8) is 0 Å². The molecule has 0 fully saturated rings. The average molecular weight is 593 g/mol. The molecule has 46 heavy (non-hydrogen) atoms. The summed E-state index contributed by atoms with van der Waals surface area (Å²) in [5.74, 6) is 0. The Morgan fingerprint density at radius 1 is 0.326 bits per heavy atom. The largest absolute Gasteiger partial charge is 0.311 e. The van der Waals surface area contributed by atoms with Crippen LogP contribution in [0.15, 0.2) is 170 Å². The molecule has 7 rings (SSSR count). The third-order valence-corrected chi connectivity index (χ3v) is 8.26. The number of anilines is 6. The van der Waals surface area contributed by atoms with Crippen LogP contribution in [0.3, 0.4) is 0 Å². The molecule has 0 spiro atoms. The van der Waals surface area contributed by atoms with Gasteiger partial charge in [-0.2, -0.15) is 0 Å². The van der Waals surface area contributed by atoms with E-state index in [0.717, 1.165) is 45.3 Å². The summed E-state index contributed by atoms with van der Waals surface area (Å²) in [5.41, 5.74) is 11.6. The van der Waals surface area contributed by atoms with Gasteiger partial charge in [-0.3, -0.25) is 0 Å². The standard InChI is InChI=1S/C44H36N2/c1-33-29-34(2)31-44(30-33)46(43-28-23-37-11-9-10-12-38(37)32-43)42-26-21-36(22-27-42)18-17-35-19-24-41(25-20-35)45(39-13-5-3-6-14-39)40-15-7-4-8-16-40/h3-32H,1-2H3/b18-17+. The molecule has 0 aliphatic carbocycles. The molecule has 0 amide bonds. The molecule has 0 aromatic heterocycles. The van der Waals surface area contributed by atoms with Gasteiger partial charge in [-0.1, -0.05) is 109 Å². The third kappa shape index (κ3) is 6.33. The summed E-state index contributed by atoms with van der Waals surface area (Å²) >= 11 is 0. The fourth-order valence-corrected chi connectivity index (χ4v) is 6.11. The Labute approximate surface area is 272 Å². The van der Waals surface area contributed by atoms with Gasteiger partial charge in [-0.25, -0.2) is 0 Å². The summed E-state index contributed by atoms with van der Waals surface area (Å²) in [7, 11) is 0. The number of hydrogen-bond donors (Lipinski definition) is 0. The lowest BCUT2D eigenvalue weighted by molar-refractivity contribution is 1.26. The van der Waals surface area contributed by atoms with Gasteiger partial charge in [-0.05, 0) is 120 Å². The van der Waals surface area contributed by atoms with Crippen molar-refractivity contribution in [2.24, 2.45) is 0 Å². The smallest absolute Gasteiger partial charge is 0.0468 e. The highest BCUT2D eigenvalue weighted by molar-refractivity contribution is 5.89. The molecule has 0 saturated heterocycles. The number of para-hydroxylation sites is 2. The van der Waals surface area contributed by atoms with Gasteiger partial charge in [0.2, 0.25) is 0 Å². The molecule has 0 saturated carbocycles. The highest BCUT2D eigenvalue weighted by Gasteiger charge is 2.14. The molecule has 0 aliphatic heterocycles. The van der Waals surface area contributed by atoms with E-state index in [1.807, 2.05) is 0 Å². The monoisotopic (exact) mass is 592 g/mol. The fraction of sp³-hybridized carbons (Fsp3) is 0.0455. The molecular formula is C44H36N2. The van der Waals surface area contributed by atoms with E-state index >= 15 is 0 Å². The van der Waals surface area contributed by atoms with Crippen LogP contribution in [0.25, 0.3) is 22.9 Å². The van der Waals surface area contributed by atoms with Crippen molar-refractivity contribution in [2.75, 3.05) is 9.80 Å². The fourth-order valence-electron chi connectivity index (χ4n) is 6.11. The van der Waals surface area contributed by atoms with Crippen LogP contribution in [-0.2, 0) is 0 Å². The number of aryl methyl sites for hydroxylation is 2. The lowest BCUT2D eigenvalue weighted by atomic mass is 10.1. The zero-order chi connectivity index (χ0) is 31.3. The first-order valence-corrected chi connectivity index (χ1v) is 15.8. The summed E-state index contributed by atoms with van der Waals surface area (Å²) in [6.45, 7) is 4.33. The van der Waals surface area contributed by atoms with Gasteiger partial charge < -0.3 is 9.80 Å². The number of nitrogens with zero attached hydrogens (tertiary/aromatic N) is 2. The van der Waals surface area contributed by atoms with Crippen LogP contribution in [0, 0.1) is 13.8 Å². The SMILES string of the molecule is Cc1cc(C)cc(N(c2ccc(/C=C/c3ccc(N(c4ccccc4)c4ccccc4)cc3)cc2)c2ccc3ccccc3c2)c1. The number of benzene rings is 7. The maximum Gasteiger partial charge on any atom is 0.0468 e. The van der Waals surface area contributed by atoms with Crippen LogP contribution >= 0.6 is 0 Å². The van der Waals surface area contributed by atoms with Gasteiger partial charge in [0, 0.05) is 34.1 Å². The van der Waals surface area contributed by atoms with Gasteiger partial charge in [0.25, 0.3) is 0 Å². The van der Waals surface area contributed by atoms with Crippen LogP contribution < -0.4 is 9.80 Å². The molecule has 7 aromatic carbocycles. The Bertz CT molecular complexity index is 2040. The zero-order valence-electron chi connectivity index (χ0n) is 26.2. The van der Waals surface area contributed by atoms with E-state index in [-0.39, 0.29) is 0 Å². The van der Waals surface area contributed by atoms with Gasteiger partial charge in [-0.15, -0.1) is 0 Å². The molecule has 0 heterocycles. The van der Waals surface area contributed by atoms with Crippen LogP contribution in [0.1, 0.15) is 22.3 Å². The first-order valence-electron chi connectivity index (χ1n) is 15.8.